The Kier molecular flexibility index (Phi) is 6.33. The number of carbonyl (C=O) groups excluding carboxylic acids is 1. The van der Waals surface area contributed by atoms with Crippen LogP contribution in [0.15, 0.2) is 83.3 Å². The van der Waals surface area contributed by atoms with Gasteiger partial charge in [0.05, 0.1) is 29.4 Å². The van der Waals surface area contributed by atoms with Crippen molar-refractivity contribution >= 4 is 32.9 Å². The normalized spacial score (nSPS) is 10.9. The number of nitrogens with zero attached hydrogens (tertiary/aromatic N) is 2. The van der Waals surface area contributed by atoms with E-state index in [-0.39, 0.29) is 5.91 Å². The average molecular weight is 527 g/mol. The molecule has 0 aliphatic carbocycles. The van der Waals surface area contributed by atoms with Crippen LogP contribution in [0.25, 0.3) is 33.5 Å². The van der Waals surface area contributed by atoms with Crippen molar-refractivity contribution in [2.24, 2.45) is 0 Å². The Hall–Kier alpha value is -3.97. The van der Waals surface area contributed by atoms with Crippen molar-refractivity contribution in [1.29, 1.82) is 0 Å². The number of benzene rings is 3. The summed E-state index contributed by atoms with van der Waals surface area (Å²) in [7, 11) is 1.63. The van der Waals surface area contributed by atoms with Gasteiger partial charge in [-0.25, -0.2) is 4.98 Å². The van der Waals surface area contributed by atoms with Crippen LogP contribution >= 0.6 is 15.9 Å². The predicted octanol–water partition coefficient (Wildman–Crippen LogP) is 6.30. The zero-order valence-corrected chi connectivity index (χ0v) is 20.9. The van der Waals surface area contributed by atoms with Crippen molar-refractivity contribution in [3.63, 3.8) is 0 Å². The number of aryl methyl sites for hydroxylation is 1. The third-order valence-corrected chi connectivity index (χ3v) is 6.39. The lowest BCUT2D eigenvalue weighted by Gasteiger charge is -2.10. The van der Waals surface area contributed by atoms with Crippen LogP contribution in [0.2, 0.25) is 0 Å². The molecule has 0 bridgehead atoms. The van der Waals surface area contributed by atoms with E-state index in [4.69, 9.17) is 9.72 Å². The van der Waals surface area contributed by atoms with E-state index in [2.05, 4.69) is 31.4 Å². The number of amides is 1. The van der Waals surface area contributed by atoms with E-state index in [0.29, 0.717) is 28.8 Å². The van der Waals surface area contributed by atoms with Crippen molar-refractivity contribution in [2.45, 2.75) is 13.5 Å². The Bertz CT molecular complexity index is 1490. The lowest BCUT2D eigenvalue weighted by molar-refractivity contribution is 0.0952. The number of rotatable bonds is 6. The number of hydrogen-bond acceptors (Lipinski definition) is 4. The number of methoxy groups -OCH3 is 1. The SMILES string of the molecule is COc1ccc(CNC(=O)c2cc(-c3ccc(C)cc3)nc3n[nH]c(-c4ccc(Br)cc4)c23)cc1. The van der Waals surface area contributed by atoms with Crippen LogP contribution in [0.1, 0.15) is 21.5 Å². The number of nitrogens with one attached hydrogen (secondary N) is 2. The van der Waals surface area contributed by atoms with E-state index in [0.717, 1.165) is 38.2 Å². The van der Waals surface area contributed by atoms with E-state index in [1.807, 2.05) is 85.8 Å². The monoisotopic (exact) mass is 526 g/mol. The molecule has 0 unspecified atom stereocenters. The van der Waals surface area contributed by atoms with E-state index in [1.165, 1.54) is 0 Å². The fourth-order valence-electron chi connectivity index (χ4n) is 3.92. The summed E-state index contributed by atoms with van der Waals surface area (Å²) in [5, 5.41) is 11.3. The van der Waals surface area contributed by atoms with Gasteiger partial charge in [0.2, 0.25) is 0 Å². The molecule has 0 atom stereocenters. The second kappa shape index (κ2) is 9.72. The van der Waals surface area contributed by atoms with Gasteiger partial charge in [-0.3, -0.25) is 9.89 Å². The van der Waals surface area contributed by atoms with E-state index in [1.54, 1.807) is 7.11 Å². The minimum atomic E-state index is -0.193. The summed E-state index contributed by atoms with van der Waals surface area (Å²) in [6.07, 6.45) is 0. The van der Waals surface area contributed by atoms with E-state index < -0.39 is 0 Å². The molecule has 0 saturated carbocycles. The summed E-state index contributed by atoms with van der Waals surface area (Å²) in [6.45, 7) is 2.43. The largest absolute Gasteiger partial charge is 0.497 e. The van der Waals surface area contributed by atoms with Crippen LogP contribution in [0.3, 0.4) is 0 Å². The first-order valence-electron chi connectivity index (χ1n) is 11.1. The summed E-state index contributed by atoms with van der Waals surface area (Å²) in [4.78, 5) is 18.3. The molecule has 0 fully saturated rings. The van der Waals surface area contributed by atoms with Gasteiger partial charge < -0.3 is 10.1 Å². The molecule has 2 N–H and O–H groups in total. The number of aromatic nitrogens is 3. The summed E-state index contributed by atoms with van der Waals surface area (Å²) in [5.74, 6) is 0.581. The minimum absolute atomic E-state index is 0.193. The van der Waals surface area contributed by atoms with E-state index >= 15 is 0 Å². The van der Waals surface area contributed by atoms with Crippen LogP contribution in [0.5, 0.6) is 5.75 Å². The number of carbonyl (C=O) groups is 1. The maximum atomic E-state index is 13.5. The Morgan fingerprint density at radius 1 is 0.971 bits per heavy atom. The molecule has 174 valence electrons. The summed E-state index contributed by atoms with van der Waals surface area (Å²) < 4.78 is 6.20. The molecule has 0 radical (unpaired) electrons. The van der Waals surface area contributed by atoms with Crippen molar-refractivity contribution in [3.05, 3.63) is 100 Å². The molecule has 2 heterocycles. The summed E-state index contributed by atoms with van der Waals surface area (Å²) >= 11 is 3.48. The minimum Gasteiger partial charge on any atom is -0.497 e. The fourth-order valence-corrected chi connectivity index (χ4v) is 4.19. The molecule has 0 saturated heterocycles. The smallest absolute Gasteiger partial charge is 0.252 e. The molecule has 7 heteroatoms. The highest BCUT2D eigenvalue weighted by Crippen LogP contribution is 2.32. The van der Waals surface area contributed by atoms with Crippen LogP contribution in [0, 0.1) is 6.92 Å². The standard InChI is InChI=1S/C28H23BrN4O2/c1-17-3-7-19(8-4-17)24-15-23(28(34)30-16-18-5-13-22(35-2)14-6-18)25-26(32-33-27(25)31-24)20-9-11-21(29)12-10-20/h3-15H,16H2,1-2H3,(H,30,34)(H,31,32,33). The molecule has 1 amide bonds. The van der Waals surface area contributed by atoms with E-state index in [9.17, 15) is 4.79 Å². The van der Waals surface area contributed by atoms with Crippen LogP contribution < -0.4 is 10.1 Å². The molecule has 3 aromatic carbocycles. The Balaban J connectivity index is 1.57. The maximum absolute atomic E-state index is 13.5. The first kappa shape index (κ1) is 22.8. The number of aromatic amines is 1. The molecule has 35 heavy (non-hydrogen) atoms. The number of fused-ring (bicyclic) bond motifs is 1. The van der Waals surface area contributed by atoms with Gasteiger partial charge >= 0.3 is 0 Å². The third-order valence-electron chi connectivity index (χ3n) is 5.86. The number of H-pyrrole nitrogens is 1. The number of ether oxygens (including phenoxy) is 1. The van der Waals surface area contributed by atoms with Crippen LogP contribution in [-0.4, -0.2) is 28.2 Å². The number of pyridine rings is 1. The first-order valence-corrected chi connectivity index (χ1v) is 11.9. The molecule has 0 spiro atoms. The van der Waals surface area contributed by atoms with Gasteiger partial charge in [-0.15, -0.1) is 0 Å². The molecular weight excluding hydrogens is 504 g/mol. The highest BCUT2D eigenvalue weighted by atomic mass is 79.9. The highest BCUT2D eigenvalue weighted by molar-refractivity contribution is 9.10. The fraction of sp³-hybridized carbons (Fsp3) is 0.107. The lowest BCUT2D eigenvalue weighted by atomic mass is 10.0. The van der Waals surface area contributed by atoms with Gasteiger partial charge in [0, 0.05) is 22.1 Å². The van der Waals surface area contributed by atoms with Crippen LogP contribution in [-0.2, 0) is 6.54 Å². The Morgan fingerprint density at radius 2 is 1.66 bits per heavy atom. The zero-order chi connectivity index (χ0) is 24.4. The van der Waals surface area contributed by atoms with Crippen LogP contribution in [0.4, 0.5) is 0 Å². The van der Waals surface area contributed by atoms with Gasteiger partial charge in [-0.05, 0) is 42.8 Å². The summed E-state index contributed by atoms with van der Waals surface area (Å²) in [6, 6.07) is 25.4. The molecule has 0 aliphatic rings. The first-order chi connectivity index (χ1) is 17.0. The topological polar surface area (TPSA) is 79.9 Å². The Labute approximate surface area is 211 Å². The second-order valence-electron chi connectivity index (χ2n) is 8.26. The molecule has 2 aromatic heterocycles. The zero-order valence-electron chi connectivity index (χ0n) is 19.3. The lowest BCUT2D eigenvalue weighted by Crippen LogP contribution is -2.23. The molecular formula is C28H23BrN4O2. The number of hydrogen-bond donors (Lipinski definition) is 2. The molecule has 6 nitrogen and oxygen atoms in total. The molecule has 5 rings (SSSR count). The van der Waals surface area contributed by atoms with Crippen molar-refractivity contribution in [1.82, 2.24) is 20.5 Å². The van der Waals surface area contributed by atoms with Crippen molar-refractivity contribution in [2.75, 3.05) is 7.11 Å². The molecule has 0 aliphatic heterocycles. The third kappa shape index (κ3) is 4.81. The van der Waals surface area contributed by atoms with Gasteiger partial charge in [0.1, 0.15) is 5.75 Å². The number of halogens is 1. The maximum Gasteiger partial charge on any atom is 0.252 e. The average Bonchev–Trinajstić information content (AvgIpc) is 3.32. The molecule has 5 aromatic rings. The Morgan fingerprint density at radius 3 is 2.34 bits per heavy atom. The van der Waals surface area contributed by atoms with Gasteiger partial charge in [0.25, 0.3) is 5.91 Å². The summed E-state index contributed by atoms with van der Waals surface area (Å²) in [5.41, 5.74) is 6.44. The highest BCUT2D eigenvalue weighted by Gasteiger charge is 2.20. The van der Waals surface area contributed by atoms with Crippen molar-refractivity contribution < 1.29 is 9.53 Å². The van der Waals surface area contributed by atoms with Crippen molar-refractivity contribution in [3.8, 4) is 28.3 Å². The van der Waals surface area contributed by atoms with Gasteiger partial charge in [-0.1, -0.05) is 70.0 Å². The second-order valence-corrected chi connectivity index (χ2v) is 9.17. The van der Waals surface area contributed by atoms with Gasteiger partial charge in [-0.2, -0.15) is 5.10 Å². The van der Waals surface area contributed by atoms with Gasteiger partial charge in [0.15, 0.2) is 5.65 Å². The quantitative estimate of drug-likeness (QED) is 0.272. The predicted molar refractivity (Wildman–Crippen MR) is 141 cm³/mol.